The molecule has 40 valence electrons. The molecule has 0 aliphatic carbocycles. The zero-order chi connectivity index (χ0) is 5.86. The summed E-state index contributed by atoms with van der Waals surface area (Å²) in [7, 11) is 4.97. The third-order valence-electron chi connectivity index (χ3n) is 0.624. The average Bonchev–Trinajstić information content (AvgIpc) is 1.65. The van der Waals surface area contributed by atoms with Crippen LogP contribution < -0.4 is 5.73 Å². The molecule has 0 rings (SSSR count). The summed E-state index contributed by atoms with van der Waals surface area (Å²) in [6.45, 7) is 2.19. The number of primary amides is 1. The highest BCUT2D eigenvalue weighted by atomic mass is 16.2. The van der Waals surface area contributed by atoms with Crippen molar-refractivity contribution >= 4 is 6.03 Å². The number of nitrogens with zero attached hydrogens (tertiary/aromatic N) is 1. The molecule has 0 saturated heterocycles. The minimum Gasteiger partial charge on any atom is -0.351 e. The van der Waals surface area contributed by atoms with E-state index in [-0.39, 0.29) is 0 Å². The Balaban J connectivity index is 3.34. The molecule has 3 nitrogen and oxygen atoms in total. The number of amides is 2. The minimum atomic E-state index is -0.595. The van der Waals surface area contributed by atoms with Crippen LogP contribution in [0.1, 0.15) is 6.92 Å². The number of hydrogen-bond donors (Lipinski definition) is 1. The van der Waals surface area contributed by atoms with E-state index in [1.54, 1.807) is 6.92 Å². The van der Waals surface area contributed by atoms with Crippen LogP contribution in [0, 0.1) is 7.05 Å². The molecule has 0 aromatic rings. The second kappa shape index (κ2) is 2.44. The normalized spacial score (nSPS) is 8.29. The molecule has 0 spiro atoms. The number of hydrogen-bond acceptors (Lipinski definition) is 1. The van der Waals surface area contributed by atoms with E-state index in [9.17, 15) is 4.79 Å². The second-order valence-corrected chi connectivity index (χ2v) is 1.12. The zero-order valence-electron chi connectivity index (χ0n) is 4.22. The maximum Gasteiger partial charge on any atom is 0.315 e. The van der Waals surface area contributed by atoms with E-state index in [2.05, 4.69) is 0 Å². The Morgan fingerprint density at radius 2 is 2.43 bits per heavy atom. The Kier molecular flexibility index (Phi) is 2.19. The summed E-state index contributed by atoms with van der Waals surface area (Å²) in [5.41, 5.74) is 4.71. The lowest BCUT2D eigenvalue weighted by Crippen LogP contribution is -2.29. The maximum atomic E-state index is 9.95. The van der Waals surface area contributed by atoms with Crippen molar-refractivity contribution in [1.82, 2.24) is 4.90 Å². The monoisotopic (exact) mass is 100 g/mol. The van der Waals surface area contributed by atoms with E-state index < -0.39 is 6.03 Å². The van der Waals surface area contributed by atoms with Crippen LogP contribution in [0.5, 0.6) is 0 Å². The summed E-state index contributed by atoms with van der Waals surface area (Å²) in [6, 6.07) is -0.595. The van der Waals surface area contributed by atoms with Crippen LogP contribution in [-0.4, -0.2) is 17.5 Å². The van der Waals surface area contributed by atoms with E-state index >= 15 is 0 Å². The van der Waals surface area contributed by atoms with Gasteiger partial charge in [-0.1, -0.05) is 0 Å². The van der Waals surface area contributed by atoms with Crippen LogP contribution in [0.2, 0.25) is 0 Å². The first-order valence-corrected chi connectivity index (χ1v) is 2.00. The first-order chi connectivity index (χ1) is 3.18. The standard InChI is InChI=1S/C4H8N2O/c1-3-6(2)4(5)7/h2H,3H2,1H3,(H2,5,7). The van der Waals surface area contributed by atoms with Crippen LogP contribution in [0.3, 0.4) is 0 Å². The topological polar surface area (TPSA) is 46.3 Å². The predicted octanol–water partition coefficient (Wildman–Crippen LogP) is 0.0556. The Morgan fingerprint density at radius 3 is 2.43 bits per heavy atom. The molecule has 0 aliphatic rings. The van der Waals surface area contributed by atoms with Gasteiger partial charge in [-0.05, 0) is 6.92 Å². The van der Waals surface area contributed by atoms with Gasteiger partial charge < -0.3 is 10.6 Å². The van der Waals surface area contributed by atoms with Crippen molar-refractivity contribution in [3.63, 3.8) is 0 Å². The van der Waals surface area contributed by atoms with Crippen molar-refractivity contribution in [3.8, 4) is 0 Å². The van der Waals surface area contributed by atoms with E-state index in [1.807, 2.05) is 0 Å². The molecule has 0 atom stereocenters. The van der Waals surface area contributed by atoms with Crippen LogP contribution in [-0.2, 0) is 0 Å². The quantitative estimate of drug-likeness (QED) is 0.465. The highest BCUT2D eigenvalue weighted by Gasteiger charge is 1.95. The molecule has 0 bridgehead atoms. The van der Waals surface area contributed by atoms with Crippen molar-refractivity contribution in [2.75, 3.05) is 6.54 Å². The first kappa shape index (κ1) is 6.27. The summed E-state index contributed by atoms with van der Waals surface area (Å²) in [4.78, 5) is 10.9. The summed E-state index contributed by atoms with van der Waals surface area (Å²) in [5.74, 6) is 0. The highest BCUT2D eigenvalue weighted by Crippen LogP contribution is 1.78. The average molecular weight is 100 g/mol. The second-order valence-electron chi connectivity index (χ2n) is 1.12. The van der Waals surface area contributed by atoms with Gasteiger partial charge in [-0.2, -0.15) is 0 Å². The van der Waals surface area contributed by atoms with Gasteiger partial charge in [0.2, 0.25) is 0 Å². The number of nitrogens with two attached hydrogens (primary N) is 1. The van der Waals surface area contributed by atoms with E-state index in [0.29, 0.717) is 6.54 Å². The summed E-state index contributed by atoms with van der Waals surface area (Å²) >= 11 is 0. The van der Waals surface area contributed by atoms with Gasteiger partial charge in [-0.25, -0.2) is 4.79 Å². The highest BCUT2D eigenvalue weighted by molar-refractivity contribution is 5.71. The van der Waals surface area contributed by atoms with E-state index in [4.69, 9.17) is 12.8 Å². The Hall–Kier alpha value is -0.730. The molecule has 2 radical (unpaired) electrons. The third kappa shape index (κ3) is 2.03. The van der Waals surface area contributed by atoms with Crippen LogP contribution in [0.15, 0.2) is 0 Å². The van der Waals surface area contributed by atoms with Gasteiger partial charge in [-0.15, -0.1) is 0 Å². The molecule has 2 N–H and O–H groups in total. The lowest BCUT2D eigenvalue weighted by atomic mass is 10.6. The molecular formula is C4H8N2O. The smallest absolute Gasteiger partial charge is 0.315 e. The number of carbonyl (C=O) groups excluding carboxylic acids is 1. The fourth-order valence-corrected chi connectivity index (χ4v) is 0.156. The molecule has 2 amide bonds. The maximum absolute atomic E-state index is 9.95. The summed E-state index contributed by atoms with van der Waals surface area (Å²) < 4.78 is 0. The fraction of sp³-hybridized carbons (Fsp3) is 0.500. The largest absolute Gasteiger partial charge is 0.351 e. The van der Waals surface area contributed by atoms with Crippen LogP contribution >= 0.6 is 0 Å². The molecule has 0 unspecified atom stereocenters. The van der Waals surface area contributed by atoms with Gasteiger partial charge in [0.15, 0.2) is 0 Å². The van der Waals surface area contributed by atoms with Gasteiger partial charge in [0, 0.05) is 6.54 Å². The lowest BCUT2D eigenvalue weighted by molar-refractivity contribution is 0.225. The molecule has 0 aromatic heterocycles. The number of carbonyl (C=O) groups is 1. The molecule has 0 aliphatic heterocycles. The van der Waals surface area contributed by atoms with Gasteiger partial charge in [-0.3, -0.25) is 0 Å². The molecule has 0 heterocycles. The Bertz CT molecular complexity index is 72.1. The molecule has 0 aromatic carbocycles. The number of rotatable bonds is 1. The molecule has 0 saturated carbocycles. The van der Waals surface area contributed by atoms with Crippen molar-refractivity contribution in [2.24, 2.45) is 5.73 Å². The summed E-state index contributed by atoms with van der Waals surface area (Å²) in [6.07, 6.45) is 0. The third-order valence-corrected chi connectivity index (χ3v) is 0.624. The fourth-order valence-electron chi connectivity index (χ4n) is 0.156. The Morgan fingerprint density at radius 1 is 2.00 bits per heavy atom. The predicted molar refractivity (Wildman–Crippen MR) is 26.3 cm³/mol. The van der Waals surface area contributed by atoms with Crippen LogP contribution in [0.4, 0.5) is 4.79 Å². The SMILES string of the molecule is [CH]N(CC)C(N)=O. The zero-order valence-corrected chi connectivity index (χ0v) is 4.22. The van der Waals surface area contributed by atoms with Crippen molar-refractivity contribution in [2.45, 2.75) is 6.92 Å². The lowest BCUT2D eigenvalue weighted by Gasteiger charge is -2.07. The molecule has 3 heteroatoms. The summed E-state index contributed by atoms with van der Waals surface area (Å²) in [5, 5.41) is 0. The molecule has 7 heavy (non-hydrogen) atoms. The molecule has 0 fully saturated rings. The van der Waals surface area contributed by atoms with Crippen molar-refractivity contribution < 1.29 is 4.79 Å². The molecular weight excluding hydrogens is 92.1 g/mol. The number of urea groups is 1. The minimum absolute atomic E-state index is 0.454. The van der Waals surface area contributed by atoms with E-state index in [0.717, 1.165) is 4.90 Å². The van der Waals surface area contributed by atoms with Crippen molar-refractivity contribution in [1.29, 1.82) is 0 Å². The Labute approximate surface area is 43.1 Å². The van der Waals surface area contributed by atoms with Gasteiger partial charge in [0.1, 0.15) is 0 Å². The van der Waals surface area contributed by atoms with Crippen molar-refractivity contribution in [3.05, 3.63) is 7.05 Å². The first-order valence-electron chi connectivity index (χ1n) is 2.00. The van der Waals surface area contributed by atoms with E-state index in [1.165, 1.54) is 0 Å². The van der Waals surface area contributed by atoms with Gasteiger partial charge >= 0.3 is 6.03 Å². The van der Waals surface area contributed by atoms with Gasteiger partial charge in [0.25, 0.3) is 0 Å². The van der Waals surface area contributed by atoms with Gasteiger partial charge in [0.05, 0.1) is 7.05 Å². The van der Waals surface area contributed by atoms with Crippen LogP contribution in [0.25, 0.3) is 0 Å².